The molecule has 6 heterocycles. The molecule has 0 bridgehead atoms. The summed E-state index contributed by atoms with van der Waals surface area (Å²) < 4.78 is 0. The summed E-state index contributed by atoms with van der Waals surface area (Å²) >= 11 is 0. The zero-order valence-electron chi connectivity index (χ0n) is 44.0. The highest BCUT2D eigenvalue weighted by Gasteiger charge is 2.45. The fourth-order valence-corrected chi connectivity index (χ4v) is 9.97. The quantitative estimate of drug-likeness (QED) is 0.0595. The van der Waals surface area contributed by atoms with E-state index in [1.807, 2.05) is 57.2 Å². The molecular formula is C57H54N18O6. The Morgan fingerprint density at radius 1 is 0.494 bits per heavy atom. The first-order valence-corrected chi connectivity index (χ1v) is 25.7. The summed E-state index contributed by atoms with van der Waals surface area (Å²) in [5.41, 5.74) is 29.2. The number of nitrogens with one attached hydrogen (secondary N) is 6. The third-order valence-corrected chi connectivity index (χ3v) is 14.6. The molecule has 3 aliphatic rings. The number of amides is 3. The number of benzene rings is 3. The lowest BCUT2D eigenvalue weighted by atomic mass is 9.99. The van der Waals surface area contributed by atoms with Crippen LogP contribution in [0.5, 0.6) is 0 Å². The normalized spacial score (nSPS) is 18.3. The van der Waals surface area contributed by atoms with Crippen LogP contribution in [0.2, 0.25) is 0 Å². The Kier molecular flexibility index (Phi) is 14.8. The van der Waals surface area contributed by atoms with Crippen LogP contribution >= 0.6 is 0 Å². The van der Waals surface area contributed by atoms with Crippen LogP contribution in [-0.4, -0.2) is 78.6 Å². The number of carbonyl (C=O) groups excluding carboxylic acids is 3. The molecule has 0 radical (unpaired) electrons. The highest BCUT2D eigenvalue weighted by Crippen LogP contribution is 2.42. The van der Waals surface area contributed by atoms with Crippen molar-refractivity contribution in [1.29, 1.82) is 15.8 Å². The number of rotatable bonds is 12. The number of anilines is 6. The summed E-state index contributed by atoms with van der Waals surface area (Å²) in [5.74, 6) is -0.700. The third-order valence-electron chi connectivity index (χ3n) is 14.6. The lowest BCUT2D eigenvalue weighted by Crippen LogP contribution is -2.15. The van der Waals surface area contributed by atoms with Crippen LogP contribution in [0.3, 0.4) is 0 Å². The predicted octanol–water partition coefficient (Wildman–Crippen LogP) is 6.32. The maximum atomic E-state index is 12.2. The Bertz CT molecular complexity index is 3710. The average molecular weight is 1090 g/mol. The summed E-state index contributed by atoms with van der Waals surface area (Å²) in [6.45, 7) is 5.08. The number of carbonyl (C=O) groups is 3. The van der Waals surface area contributed by atoms with Crippen molar-refractivity contribution in [3.05, 3.63) is 107 Å². The molecule has 0 saturated heterocycles. The van der Waals surface area contributed by atoms with Gasteiger partial charge in [0.05, 0.1) is 90.6 Å². The number of aromatic nitrogens is 9. The second-order valence-corrected chi connectivity index (χ2v) is 20.3. The van der Waals surface area contributed by atoms with Crippen molar-refractivity contribution in [3.8, 4) is 51.6 Å². The molecule has 24 nitrogen and oxygen atoms in total. The van der Waals surface area contributed by atoms with E-state index in [1.54, 1.807) is 36.8 Å². The van der Waals surface area contributed by atoms with Gasteiger partial charge < -0.3 is 48.5 Å². The van der Waals surface area contributed by atoms with Crippen LogP contribution < -0.4 is 33.2 Å². The molecule has 2 unspecified atom stereocenters. The van der Waals surface area contributed by atoms with Gasteiger partial charge in [0.1, 0.15) is 17.5 Å². The van der Waals surface area contributed by atoms with Crippen LogP contribution in [0.1, 0.15) is 53.4 Å². The van der Waals surface area contributed by atoms with Gasteiger partial charge in [0.15, 0.2) is 0 Å². The highest BCUT2D eigenvalue weighted by atomic mass is 16.3. The third kappa shape index (κ3) is 11.1. The first-order chi connectivity index (χ1) is 39.0. The number of hydrogen-bond acceptors (Lipinski definition) is 18. The zero-order valence-corrected chi connectivity index (χ0v) is 44.0. The first-order valence-electron chi connectivity index (χ1n) is 25.7. The molecule has 6 aromatic heterocycles. The molecule has 24 heteroatoms. The Balaban J connectivity index is 0.000000136. The van der Waals surface area contributed by atoms with E-state index in [-0.39, 0.29) is 73.0 Å². The number of aromatic amines is 3. The molecule has 6 atom stereocenters. The van der Waals surface area contributed by atoms with Crippen molar-refractivity contribution in [2.24, 2.45) is 35.5 Å². The number of H-pyrrole nitrogens is 3. The van der Waals surface area contributed by atoms with Crippen molar-refractivity contribution in [1.82, 2.24) is 45.5 Å². The van der Waals surface area contributed by atoms with E-state index in [1.165, 1.54) is 0 Å². The maximum absolute atomic E-state index is 12.2. The number of fused-ring (bicyclic) bond motifs is 3. The minimum absolute atomic E-state index is 0.184. The van der Waals surface area contributed by atoms with E-state index in [9.17, 15) is 29.7 Å². The van der Waals surface area contributed by atoms with E-state index in [0.29, 0.717) is 70.9 Å². The molecule has 0 spiro atoms. The van der Waals surface area contributed by atoms with Crippen LogP contribution in [0.15, 0.2) is 73.2 Å². The van der Waals surface area contributed by atoms with Gasteiger partial charge in [0.2, 0.25) is 17.7 Å². The lowest BCUT2D eigenvalue weighted by molar-refractivity contribution is -0.118. The van der Waals surface area contributed by atoms with E-state index in [4.69, 9.17) is 33.0 Å². The van der Waals surface area contributed by atoms with Crippen molar-refractivity contribution in [2.45, 2.75) is 59.9 Å². The second kappa shape index (κ2) is 22.2. The summed E-state index contributed by atoms with van der Waals surface area (Å²) in [7, 11) is 0. The second-order valence-electron chi connectivity index (χ2n) is 20.3. The molecule has 9 aromatic rings. The van der Waals surface area contributed by atoms with Crippen molar-refractivity contribution in [3.63, 3.8) is 0 Å². The number of aryl methyl sites for hydroxylation is 3. The van der Waals surface area contributed by atoms with Crippen LogP contribution in [0, 0.1) is 90.3 Å². The van der Waals surface area contributed by atoms with Gasteiger partial charge in [0.25, 0.3) is 0 Å². The van der Waals surface area contributed by atoms with Gasteiger partial charge in [-0.05, 0) is 127 Å². The number of aliphatic hydroxyl groups excluding tert-OH is 3. The lowest BCUT2D eigenvalue weighted by Gasteiger charge is -2.10. The van der Waals surface area contributed by atoms with Gasteiger partial charge in [-0.15, -0.1) is 0 Å². The van der Waals surface area contributed by atoms with Gasteiger partial charge in [-0.2, -0.15) is 31.1 Å². The maximum Gasteiger partial charge on any atom is 0.230 e. The molecule has 3 saturated carbocycles. The summed E-state index contributed by atoms with van der Waals surface area (Å²) in [5, 5.41) is 89.2. The summed E-state index contributed by atoms with van der Waals surface area (Å²) in [6.07, 6.45) is 6.64. The average Bonchev–Trinajstić information content (AvgIpc) is 4.49. The Labute approximate surface area is 461 Å². The monoisotopic (exact) mass is 1090 g/mol. The molecule has 408 valence electrons. The number of pyridine rings is 3. The van der Waals surface area contributed by atoms with Gasteiger partial charge in [-0.3, -0.25) is 29.7 Å². The molecule has 81 heavy (non-hydrogen) atoms. The molecule has 15 N–H and O–H groups in total. The predicted molar refractivity (Wildman–Crippen MR) is 301 cm³/mol. The molecule has 3 aromatic carbocycles. The van der Waals surface area contributed by atoms with Crippen molar-refractivity contribution < 1.29 is 29.7 Å². The fraction of sp³-hybridized carbons (Fsp3) is 0.263. The van der Waals surface area contributed by atoms with E-state index >= 15 is 0 Å². The van der Waals surface area contributed by atoms with Gasteiger partial charge in [-0.1, -0.05) is 0 Å². The number of nitriles is 3. The molecule has 3 fully saturated rings. The van der Waals surface area contributed by atoms with Crippen LogP contribution in [0.4, 0.5) is 34.5 Å². The fourth-order valence-electron chi connectivity index (χ4n) is 9.97. The molecule has 3 amide bonds. The SMILES string of the molecule is Cc1[nH]nc(CO)c1-c1cc(N)c2cnc(NC(=O)C3CC3C#N)cc2c1.Cc1[nH]nc(CO)c1-c1cc(N)c2cnc(NC(=O)[C@@H]3C[C@H]3C#N)cc2c1.Cc1[nH]nc(CO)c1-c1cc(N)c2cnc(NC(=O)[C@H]3C[C@@H]3C#N)cc2c1. The van der Waals surface area contributed by atoms with Gasteiger partial charge in [0, 0.05) is 85.6 Å². The van der Waals surface area contributed by atoms with Gasteiger partial charge in [-0.25, -0.2) is 15.0 Å². The van der Waals surface area contributed by atoms with Gasteiger partial charge >= 0.3 is 0 Å². The van der Waals surface area contributed by atoms with E-state index < -0.39 is 0 Å². The van der Waals surface area contributed by atoms with E-state index in [0.717, 1.165) is 82.8 Å². The largest absolute Gasteiger partial charge is 0.398 e. The Hall–Kier alpha value is -10.3. The summed E-state index contributed by atoms with van der Waals surface area (Å²) in [6, 6.07) is 22.8. The molecule has 12 rings (SSSR count). The standard InChI is InChI=1S/3C19H18N6O2/c3*1-9-18(16(8-26)25-24-9)11-2-10-5-17(22-7-14(10)15(21)4-11)23-19(27)13-3-12(13)6-20/h3*2,4-5,7,12-13,26H,3,8,21H2,1H3,(H,24,25)(H,22,23,27)/t2*12-,13+;/m10./s1. The number of aliphatic hydroxyl groups is 3. The zero-order chi connectivity index (χ0) is 57.4. The smallest absolute Gasteiger partial charge is 0.230 e. The minimum atomic E-state index is -0.260. The van der Waals surface area contributed by atoms with Crippen molar-refractivity contribution in [2.75, 3.05) is 33.2 Å². The number of nitrogens with two attached hydrogens (primary N) is 3. The number of nitrogens with zero attached hydrogens (tertiary/aromatic N) is 9. The van der Waals surface area contributed by atoms with Crippen LogP contribution in [-0.2, 0) is 34.2 Å². The summed E-state index contributed by atoms with van der Waals surface area (Å²) in [4.78, 5) is 49.3. The molecule has 0 aliphatic heterocycles. The van der Waals surface area contributed by atoms with E-state index in [2.05, 4.69) is 79.7 Å². The van der Waals surface area contributed by atoms with Crippen LogP contribution in [0.25, 0.3) is 65.7 Å². The minimum Gasteiger partial charge on any atom is -0.398 e. The molecule has 3 aliphatic carbocycles. The molecular weight excluding hydrogens is 1030 g/mol. The highest BCUT2D eigenvalue weighted by molar-refractivity contribution is 6.03. The Morgan fingerprint density at radius 2 is 0.765 bits per heavy atom. The number of nitrogen functional groups attached to an aromatic ring is 3. The number of hydrogen-bond donors (Lipinski definition) is 12. The topological polar surface area (TPSA) is 422 Å². The first kappa shape index (κ1) is 54.1. The van der Waals surface area contributed by atoms with Crippen molar-refractivity contribution >= 4 is 84.6 Å². The Morgan fingerprint density at radius 3 is 1.00 bits per heavy atom.